The lowest BCUT2D eigenvalue weighted by Crippen LogP contribution is -2.30. The summed E-state index contributed by atoms with van der Waals surface area (Å²) in [6, 6.07) is 5.59. The SMILES string of the molecule is CCOc1nc(N)nc2c1N=CC(C)CC(COP(N[C@@H](C)C=O)Oc1ccccc1C(=O)O)O2. The summed E-state index contributed by atoms with van der Waals surface area (Å²) in [5.41, 5.74) is 6.12. The summed E-state index contributed by atoms with van der Waals surface area (Å²) in [6.07, 6.45) is 2.50. The van der Waals surface area contributed by atoms with Crippen molar-refractivity contribution in [2.45, 2.75) is 39.3 Å². The number of aromatic carboxylic acids is 1. The first-order chi connectivity index (χ1) is 16.8. The number of nitrogens with zero attached hydrogens (tertiary/aromatic N) is 3. The molecule has 1 aromatic carbocycles. The number of aromatic nitrogens is 2. The van der Waals surface area contributed by atoms with E-state index >= 15 is 0 Å². The minimum atomic E-state index is -1.90. The van der Waals surface area contributed by atoms with E-state index in [0.717, 1.165) is 0 Å². The molecule has 188 valence electrons. The van der Waals surface area contributed by atoms with Crippen LogP contribution < -0.4 is 24.8 Å². The quantitative estimate of drug-likeness (QED) is 0.303. The minimum Gasteiger partial charge on any atom is -0.478 e. The van der Waals surface area contributed by atoms with E-state index in [4.69, 9.17) is 24.3 Å². The van der Waals surface area contributed by atoms with Gasteiger partial charge in [0.2, 0.25) is 17.7 Å². The first-order valence-electron chi connectivity index (χ1n) is 11.0. The second-order valence-electron chi connectivity index (χ2n) is 7.70. The molecule has 1 aliphatic rings. The third-order valence-electron chi connectivity index (χ3n) is 4.68. The fourth-order valence-corrected chi connectivity index (χ4v) is 4.31. The Bertz CT molecular complexity index is 1070. The van der Waals surface area contributed by atoms with Crippen molar-refractivity contribution >= 4 is 38.6 Å². The van der Waals surface area contributed by atoms with Gasteiger partial charge in [-0.15, -0.1) is 0 Å². The van der Waals surface area contributed by atoms with E-state index in [9.17, 15) is 14.7 Å². The molecule has 2 aromatic rings. The van der Waals surface area contributed by atoms with E-state index in [2.05, 4.69) is 20.0 Å². The van der Waals surface area contributed by atoms with Crippen molar-refractivity contribution < 1.29 is 33.2 Å². The number of anilines is 1. The monoisotopic (exact) mass is 505 g/mol. The van der Waals surface area contributed by atoms with Gasteiger partial charge >= 0.3 is 14.5 Å². The summed E-state index contributed by atoms with van der Waals surface area (Å²) in [5.74, 6) is -0.651. The number of nitrogen functional groups attached to an aromatic ring is 1. The normalized spacial score (nSPS) is 18.8. The topological polar surface area (TPSA) is 167 Å². The molecule has 4 atom stereocenters. The Kier molecular flexibility index (Phi) is 9.30. The molecule has 0 saturated heterocycles. The van der Waals surface area contributed by atoms with Crippen molar-refractivity contribution in [1.29, 1.82) is 0 Å². The molecule has 0 aliphatic carbocycles. The molecule has 2 heterocycles. The van der Waals surface area contributed by atoms with Crippen molar-refractivity contribution in [2.75, 3.05) is 18.9 Å². The van der Waals surface area contributed by atoms with E-state index < -0.39 is 26.6 Å². The molecule has 0 saturated carbocycles. The molecule has 0 spiro atoms. The van der Waals surface area contributed by atoms with Crippen LogP contribution in [0.4, 0.5) is 11.6 Å². The number of carboxylic acids is 1. The second-order valence-corrected chi connectivity index (χ2v) is 8.92. The summed E-state index contributed by atoms with van der Waals surface area (Å²) in [7, 11) is -1.90. The van der Waals surface area contributed by atoms with E-state index in [1.807, 2.05) is 13.8 Å². The summed E-state index contributed by atoms with van der Waals surface area (Å²) >= 11 is 0. The number of benzene rings is 1. The summed E-state index contributed by atoms with van der Waals surface area (Å²) in [4.78, 5) is 35.5. The van der Waals surface area contributed by atoms with Gasteiger partial charge in [0.25, 0.3) is 0 Å². The number of carbonyl (C=O) groups excluding carboxylic acids is 1. The van der Waals surface area contributed by atoms with Gasteiger partial charge < -0.3 is 34.2 Å². The van der Waals surface area contributed by atoms with E-state index in [1.165, 1.54) is 12.1 Å². The Morgan fingerprint density at radius 1 is 1.40 bits per heavy atom. The Morgan fingerprint density at radius 2 is 2.17 bits per heavy atom. The lowest BCUT2D eigenvalue weighted by molar-refractivity contribution is -0.108. The van der Waals surface area contributed by atoms with Crippen LogP contribution in [0.5, 0.6) is 17.5 Å². The maximum atomic E-state index is 11.6. The molecular formula is C22H28N5O7P. The summed E-state index contributed by atoms with van der Waals surface area (Å²) in [5, 5.41) is 12.4. The molecule has 0 fully saturated rings. The largest absolute Gasteiger partial charge is 0.478 e. The third kappa shape index (κ3) is 7.32. The van der Waals surface area contributed by atoms with E-state index in [-0.39, 0.29) is 41.5 Å². The number of nitrogens with one attached hydrogen (secondary N) is 1. The molecule has 13 heteroatoms. The molecule has 4 N–H and O–H groups in total. The van der Waals surface area contributed by atoms with Crippen LogP contribution >= 0.6 is 8.53 Å². The number of hydrogen-bond donors (Lipinski definition) is 3. The highest BCUT2D eigenvalue weighted by Crippen LogP contribution is 2.40. The standard InChI is InChI=1S/C22H28N5O7P/c1-4-31-19-18-20(26-22(23)25-19)33-15(9-13(2)10-24-18)12-32-35(27-14(3)11-28)34-17-8-6-5-7-16(17)21(29)30/h5-8,10-11,13-15,27H,4,9,12H2,1-3H3,(H,29,30)(H2,23,25,26)/t13?,14-,15?,35?/m0/s1. The van der Waals surface area contributed by atoms with Gasteiger partial charge in [-0.25, -0.2) is 9.88 Å². The highest BCUT2D eigenvalue weighted by molar-refractivity contribution is 7.45. The number of para-hydroxylation sites is 1. The van der Waals surface area contributed by atoms with Crippen LogP contribution in [-0.4, -0.2) is 58.9 Å². The van der Waals surface area contributed by atoms with Crippen LogP contribution in [0.2, 0.25) is 0 Å². The number of nitrogens with two attached hydrogens (primary N) is 1. The summed E-state index contributed by atoms with van der Waals surface area (Å²) in [6.45, 7) is 5.83. The van der Waals surface area contributed by atoms with Gasteiger partial charge in [-0.05, 0) is 38.3 Å². The Morgan fingerprint density at radius 3 is 2.89 bits per heavy atom. The van der Waals surface area contributed by atoms with Gasteiger partial charge in [0.15, 0.2) is 5.69 Å². The molecule has 3 unspecified atom stereocenters. The smallest absolute Gasteiger partial charge is 0.339 e. The second kappa shape index (κ2) is 12.4. The fourth-order valence-electron chi connectivity index (χ4n) is 3.10. The van der Waals surface area contributed by atoms with Crippen LogP contribution in [0.3, 0.4) is 0 Å². The van der Waals surface area contributed by atoms with E-state index in [1.54, 1.807) is 25.3 Å². The third-order valence-corrected chi connectivity index (χ3v) is 6.04. The number of aliphatic imine (C=N–C) groups is 1. The van der Waals surface area contributed by atoms with Crippen molar-refractivity contribution in [3.05, 3.63) is 29.8 Å². The summed E-state index contributed by atoms with van der Waals surface area (Å²) < 4.78 is 23.4. The number of hydrogen-bond acceptors (Lipinski definition) is 11. The van der Waals surface area contributed by atoms with Gasteiger partial charge in [0.05, 0.1) is 19.3 Å². The molecule has 3 rings (SSSR count). The Hall–Kier alpha value is -3.34. The lowest BCUT2D eigenvalue weighted by Gasteiger charge is -2.26. The Labute approximate surface area is 203 Å². The fraction of sp³-hybridized carbons (Fsp3) is 0.409. The molecule has 12 nitrogen and oxygen atoms in total. The Balaban J connectivity index is 1.80. The maximum absolute atomic E-state index is 11.6. The van der Waals surface area contributed by atoms with Crippen LogP contribution in [0.25, 0.3) is 0 Å². The van der Waals surface area contributed by atoms with E-state index in [0.29, 0.717) is 25.0 Å². The van der Waals surface area contributed by atoms with Crippen LogP contribution in [0, 0.1) is 5.92 Å². The zero-order valence-corrected chi connectivity index (χ0v) is 20.5. The van der Waals surface area contributed by atoms with Crippen molar-refractivity contribution in [3.8, 4) is 17.5 Å². The lowest BCUT2D eigenvalue weighted by atomic mass is 10.1. The van der Waals surface area contributed by atoms with Gasteiger partial charge in [0, 0.05) is 6.21 Å². The molecular weight excluding hydrogens is 477 g/mol. The number of ether oxygens (including phenoxy) is 2. The van der Waals surface area contributed by atoms with Crippen molar-refractivity contribution in [1.82, 2.24) is 15.1 Å². The van der Waals surface area contributed by atoms with Crippen molar-refractivity contribution in [2.24, 2.45) is 10.9 Å². The number of rotatable bonds is 11. The van der Waals surface area contributed by atoms with Crippen LogP contribution in [-0.2, 0) is 9.32 Å². The van der Waals surface area contributed by atoms with Gasteiger partial charge in [-0.2, -0.15) is 9.97 Å². The van der Waals surface area contributed by atoms with Crippen LogP contribution in [0.1, 0.15) is 37.6 Å². The molecule has 0 radical (unpaired) electrons. The average Bonchev–Trinajstić information content (AvgIpc) is 2.80. The average molecular weight is 505 g/mol. The highest BCUT2D eigenvalue weighted by Gasteiger charge is 2.27. The highest BCUT2D eigenvalue weighted by atomic mass is 31.2. The molecule has 35 heavy (non-hydrogen) atoms. The van der Waals surface area contributed by atoms with Gasteiger partial charge in [0.1, 0.15) is 23.7 Å². The first-order valence-corrected chi connectivity index (χ1v) is 12.1. The molecule has 1 aromatic heterocycles. The predicted octanol–water partition coefficient (Wildman–Crippen LogP) is 3.14. The molecule has 0 bridgehead atoms. The number of fused-ring (bicyclic) bond motifs is 1. The molecule has 0 amide bonds. The van der Waals surface area contributed by atoms with Gasteiger partial charge in [-0.1, -0.05) is 19.1 Å². The number of carbonyl (C=O) groups is 2. The minimum absolute atomic E-state index is 0.0190. The zero-order chi connectivity index (χ0) is 25.4. The van der Waals surface area contributed by atoms with Crippen LogP contribution in [0.15, 0.2) is 29.3 Å². The number of aldehydes is 1. The number of carboxylic acid groups (broad SMARTS) is 1. The predicted molar refractivity (Wildman–Crippen MR) is 130 cm³/mol. The van der Waals surface area contributed by atoms with Crippen molar-refractivity contribution in [3.63, 3.8) is 0 Å². The van der Waals surface area contributed by atoms with Gasteiger partial charge in [-0.3, -0.25) is 4.99 Å². The molecule has 1 aliphatic heterocycles. The first kappa shape index (κ1) is 26.3. The maximum Gasteiger partial charge on any atom is 0.339 e. The zero-order valence-electron chi connectivity index (χ0n) is 19.6.